The van der Waals surface area contributed by atoms with Crippen molar-refractivity contribution in [3.05, 3.63) is 18.0 Å². The molecule has 0 amide bonds. The van der Waals surface area contributed by atoms with Crippen LogP contribution in [0.3, 0.4) is 0 Å². The number of rotatable bonds is 3. The first kappa shape index (κ1) is 21.2. The highest BCUT2D eigenvalue weighted by Crippen LogP contribution is 2.71. The van der Waals surface area contributed by atoms with Crippen LogP contribution in [0, 0.1) is 70.0 Å². The van der Waals surface area contributed by atoms with Crippen molar-refractivity contribution in [3.8, 4) is 6.07 Å². The summed E-state index contributed by atoms with van der Waals surface area (Å²) in [5, 5.41) is 24.4. The van der Waals surface area contributed by atoms with Crippen LogP contribution in [0.4, 0.5) is 0 Å². The molecule has 174 valence electrons. The Bertz CT molecular complexity index is 914. The van der Waals surface area contributed by atoms with Gasteiger partial charge in [-0.2, -0.15) is 10.4 Å². The molecule has 6 rings (SSSR count). The molecule has 0 aromatic carbocycles. The maximum Gasteiger partial charge on any atom is 0.102 e. The third kappa shape index (κ3) is 3.29. The average molecular weight is 436 g/mol. The van der Waals surface area contributed by atoms with E-state index in [-0.39, 0.29) is 0 Å². The van der Waals surface area contributed by atoms with Gasteiger partial charge in [0.25, 0.3) is 0 Å². The molecule has 0 radical (unpaired) electrons. The van der Waals surface area contributed by atoms with Gasteiger partial charge in [0.1, 0.15) is 6.07 Å². The SMILES string of the molecule is C[C@@H](Cn1cc(C#N)cn1)[C@H]1[C@@H]2C[C@@H]2C[C@H]2[C@@H]3CC[C@@H]4C[C@](C)(O)CC[C@@H]4[C@H]3CC[C@]12C. The molecule has 4 nitrogen and oxygen atoms in total. The molecule has 0 bridgehead atoms. The van der Waals surface area contributed by atoms with Gasteiger partial charge in [0.15, 0.2) is 0 Å². The molecule has 1 aromatic heterocycles. The number of aliphatic hydroxyl groups is 1. The summed E-state index contributed by atoms with van der Waals surface area (Å²) in [6.45, 7) is 8.16. The van der Waals surface area contributed by atoms with Crippen molar-refractivity contribution in [1.29, 1.82) is 5.26 Å². The van der Waals surface area contributed by atoms with E-state index in [1.54, 1.807) is 6.20 Å². The Morgan fingerprint density at radius 2 is 1.91 bits per heavy atom. The summed E-state index contributed by atoms with van der Waals surface area (Å²) in [5.74, 6) is 7.68. The minimum Gasteiger partial charge on any atom is -0.390 e. The lowest BCUT2D eigenvalue weighted by molar-refractivity contribution is -0.137. The number of nitrogens with zero attached hydrogens (tertiary/aromatic N) is 3. The zero-order valence-corrected chi connectivity index (χ0v) is 20.2. The fourth-order valence-electron chi connectivity index (χ4n) is 10.1. The molecule has 1 N–H and O–H groups in total. The Morgan fingerprint density at radius 1 is 1.09 bits per heavy atom. The summed E-state index contributed by atoms with van der Waals surface area (Å²) in [7, 11) is 0. The van der Waals surface area contributed by atoms with Gasteiger partial charge in [-0.1, -0.05) is 13.8 Å². The van der Waals surface area contributed by atoms with E-state index < -0.39 is 5.60 Å². The Kier molecular flexibility index (Phi) is 4.86. The molecule has 0 spiro atoms. The lowest BCUT2D eigenvalue weighted by Crippen LogP contribution is -2.55. The number of nitriles is 1. The number of fused-ring (bicyclic) bond motifs is 6. The van der Waals surface area contributed by atoms with Crippen LogP contribution in [0.1, 0.15) is 84.1 Å². The quantitative estimate of drug-likeness (QED) is 0.667. The predicted octanol–water partition coefficient (Wildman–Crippen LogP) is 5.66. The molecule has 0 aliphatic heterocycles. The first-order valence-electron chi connectivity index (χ1n) is 13.4. The van der Waals surface area contributed by atoms with E-state index in [1.807, 2.05) is 10.9 Å². The zero-order chi connectivity index (χ0) is 22.3. The molecule has 5 aliphatic rings. The van der Waals surface area contributed by atoms with Crippen LogP contribution < -0.4 is 0 Å². The smallest absolute Gasteiger partial charge is 0.102 e. The van der Waals surface area contributed by atoms with Gasteiger partial charge in [-0.25, -0.2) is 0 Å². The summed E-state index contributed by atoms with van der Waals surface area (Å²) in [6, 6.07) is 2.23. The normalized spacial score (nSPS) is 50.2. The van der Waals surface area contributed by atoms with Crippen molar-refractivity contribution in [3.63, 3.8) is 0 Å². The maximum atomic E-state index is 10.7. The minimum absolute atomic E-state index is 0.415. The van der Waals surface area contributed by atoms with Gasteiger partial charge in [0.05, 0.1) is 17.4 Å². The molecule has 5 fully saturated rings. The van der Waals surface area contributed by atoms with E-state index in [1.165, 1.54) is 44.9 Å². The standard InChI is InChI=1S/C28H41N3O/c1-17(15-31-16-18(13-29)14-30-31)26-24-10-20(24)11-25-23-5-4-19-12-27(2,32)8-6-21(19)22(23)7-9-28(25,26)3/h14,16-17,19-26,32H,4-12,15H2,1-3H3/t17-,19+,20+,21-,22+,23+,24+,25-,26-,27+,28-/m0/s1. The highest BCUT2D eigenvalue weighted by molar-refractivity contribution is 5.21. The molecule has 5 aliphatic carbocycles. The average Bonchev–Trinajstić information content (AvgIpc) is 3.36. The molecular weight excluding hydrogens is 394 g/mol. The van der Waals surface area contributed by atoms with Crippen molar-refractivity contribution < 1.29 is 5.11 Å². The monoisotopic (exact) mass is 435 g/mol. The van der Waals surface area contributed by atoms with Gasteiger partial charge in [0, 0.05) is 12.7 Å². The van der Waals surface area contributed by atoms with Crippen molar-refractivity contribution in [2.45, 2.75) is 90.7 Å². The fourth-order valence-corrected chi connectivity index (χ4v) is 10.1. The van der Waals surface area contributed by atoms with E-state index in [0.29, 0.717) is 16.9 Å². The van der Waals surface area contributed by atoms with Crippen LogP contribution in [0.5, 0.6) is 0 Å². The van der Waals surface area contributed by atoms with E-state index in [0.717, 1.165) is 66.7 Å². The van der Waals surface area contributed by atoms with Gasteiger partial charge in [-0.15, -0.1) is 0 Å². The van der Waals surface area contributed by atoms with Gasteiger partial charge in [0.2, 0.25) is 0 Å². The predicted molar refractivity (Wildman–Crippen MR) is 124 cm³/mol. The second kappa shape index (κ2) is 7.33. The molecule has 0 unspecified atom stereocenters. The number of hydrogen-bond donors (Lipinski definition) is 1. The largest absolute Gasteiger partial charge is 0.390 e. The zero-order valence-electron chi connectivity index (χ0n) is 20.2. The first-order valence-corrected chi connectivity index (χ1v) is 13.4. The van der Waals surface area contributed by atoms with E-state index in [9.17, 15) is 10.4 Å². The van der Waals surface area contributed by atoms with Crippen LogP contribution in [-0.2, 0) is 6.54 Å². The van der Waals surface area contributed by atoms with Crippen molar-refractivity contribution >= 4 is 0 Å². The molecule has 5 saturated carbocycles. The van der Waals surface area contributed by atoms with Gasteiger partial charge < -0.3 is 5.11 Å². The molecule has 4 heteroatoms. The Balaban J connectivity index is 1.23. The highest BCUT2D eigenvalue weighted by atomic mass is 16.3. The van der Waals surface area contributed by atoms with Gasteiger partial charge >= 0.3 is 0 Å². The van der Waals surface area contributed by atoms with Crippen molar-refractivity contribution in [2.75, 3.05) is 0 Å². The Hall–Kier alpha value is -1.34. The van der Waals surface area contributed by atoms with Crippen LogP contribution in [0.2, 0.25) is 0 Å². The summed E-state index contributed by atoms with van der Waals surface area (Å²) in [6.07, 6.45) is 15.5. The van der Waals surface area contributed by atoms with E-state index in [4.69, 9.17) is 0 Å². The lowest BCUT2D eigenvalue weighted by atomic mass is 9.44. The Labute approximate surface area is 193 Å². The fraction of sp³-hybridized carbons (Fsp3) is 0.857. The first-order chi connectivity index (χ1) is 15.3. The van der Waals surface area contributed by atoms with Gasteiger partial charge in [-0.05, 0) is 123 Å². The summed E-state index contributed by atoms with van der Waals surface area (Å²) in [5.41, 5.74) is 0.732. The van der Waals surface area contributed by atoms with Crippen molar-refractivity contribution in [1.82, 2.24) is 9.78 Å². The summed E-state index contributed by atoms with van der Waals surface area (Å²) in [4.78, 5) is 0. The number of hydrogen-bond acceptors (Lipinski definition) is 3. The van der Waals surface area contributed by atoms with E-state index >= 15 is 0 Å². The second-order valence-electron chi connectivity index (χ2n) is 13.2. The van der Waals surface area contributed by atoms with Crippen molar-refractivity contribution in [2.24, 2.45) is 58.7 Å². The summed E-state index contributed by atoms with van der Waals surface area (Å²) < 4.78 is 2.03. The van der Waals surface area contributed by atoms with Crippen LogP contribution in [-0.4, -0.2) is 20.5 Å². The van der Waals surface area contributed by atoms with E-state index in [2.05, 4.69) is 31.9 Å². The highest BCUT2D eigenvalue weighted by Gasteiger charge is 2.64. The molecule has 11 atom stereocenters. The Morgan fingerprint density at radius 3 is 2.69 bits per heavy atom. The third-order valence-electron chi connectivity index (χ3n) is 11.3. The molecule has 0 saturated heterocycles. The molecular formula is C28H41N3O. The minimum atomic E-state index is -0.415. The topological polar surface area (TPSA) is 61.8 Å². The summed E-state index contributed by atoms with van der Waals surface area (Å²) >= 11 is 0. The lowest BCUT2D eigenvalue weighted by Gasteiger charge is -2.61. The third-order valence-corrected chi connectivity index (χ3v) is 11.3. The van der Waals surface area contributed by atoms with Gasteiger partial charge in [-0.3, -0.25) is 4.68 Å². The number of aromatic nitrogens is 2. The van der Waals surface area contributed by atoms with Crippen LogP contribution >= 0.6 is 0 Å². The van der Waals surface area contributed by atoms with Crippen LogP contribution in [0.15, 0.2) is 12.4 Å². The molecule has 32 heavy (non-hydrogen) atoms. The second-order valence-corrected chi connectivity index (χ2v) is 13.2. The maximum absolute atomic E-state index is 10.7. The molecule has 1 heterocycles. The molecule has 1 aromatic rings. The van der Waals surface area contributed by atoms with Crippen LogP contribution in [0.25, 0.3) is 0 Å².